The minimum atomic E-state index is -0.188. The molecule has 0 unspecified atom stereocenters. The first kappa shape index (κ1) is 14.3. The zero-order chi connectivity index (χ0) is 14.0. The Morgan fingerprint density at radius 1 is 1.26 bits per heavy atom. The van der Waals surface area contributed by atoms with Gasteiger partial charge < -0.3 is 5.32 Å². The van der Waals surface area contributed by atoms with Crippen LogP contribution in [0.2, 0.25) is 5.02 Å². The van der Waals surface area contributed by atoms with Crippen LogP contribution in [0.1, 0.15) is 21.7 Å². The number of carbonyl (C=O) groups is 1. The number of pyridine rings is 1. The molecule has 2 rings (SSSR count). The predicted octanol–water partition coefficient (Wildman–Crippen LogP) is 4.21. The van der Waals surface area contributed by atoms with Gasteiger partial charge in [-0.25, -0.2) is 0 Å². The van der Waals surface area contributed by atoms with Crippen LogP contribution >= 0.6 is 34.2 Å². The molecule has 1 N–H and O–H groups in total. The predicted molar refractivity (Wildman–Crippen MR) is 85.8 cm³/mol. The summed E-state index contributed by atoms with van der Waals surface area (Å²) in [6.07, 6.45) is 0. The number of rotatable bonds is 2. The van der Waals surface area contributed by atoms with Gasteiger partial charge in [0.15, 0.2) is 0 Å². The van der Waals surface area contributed by atoms with Crippen molar-refractivity contribution < 1.29 is 4.79 Å². The molecule has 0 saturated heterocycles. The van der Waals surface area contributed by atoms with Gasteiger partial charge in [-0.3, -0.25) is 9.78 Å². The number of nitrogens with zero attached hydrogens (tertiary/aromatic N) is 1. The molecule has 0 aliphatic heterocycles. The molecular weight excluding hydrogens is 375 g/mol. The van der Waals surface area contributed by atoms with Crippen LogP contribution in [-0.4, -0.2) is 10.9 Å². The van der Waals surface area contributed by atoms with E-state index in [0.29, 0.717) is 16.3 Å². The van der Waals surface area contributed by atoms with E-state index in [0.717, 1.165) is 15.0 Å². The highest BCUT2D eigenvalue weighted by molar-refractivity contribution is 14.1. The number of hydrogen-bond donors (Lipinski definition) is 1. The van der Waals surface area contributed by atoms with Crippen LogP contribution in [0.4, 0.5) is 5.69 Å². The minimum absolute atomic E-state index is 0.188. The summed E-state index contributed by atoms with van der Waals surface area (Å²) in [4.78, 5) is 16.4. The summed E-state index contributed by atoms with van der Waals surface area (Å²) in [7, 11) is 0. The lowest BCUT2D eigenvalue weighted by atomic mass is 10.2. The van der Waals surface area contributed by atoms with Gasteiger partial charge in [-0.15, -0.1) is 0 Å². The summed E-state index contributed by atoms with van der Waals surface area (Å²) in [5, 5.41) is 3.41. The Kier molecular flexibility index (Phi) is 4.42. The van der Waals surface area contributed by atoms with Crippen molar-refractivity contribution in [3.8, 4) is 0 Å². The van der Waals surface area contributed by atoms with Crippen molar-refractivity contribution in [1.82, 2.24) is 4.98 Å². The van der Waals surface area contributed by atoms with Crippen molar-refractivity contribution in [2.45, 2.75) is 13.8 Å². The third-order valence-electron chi connectivity index (χ3n) is 2.66. The molecular formula is C14H12ClIN2O. The molecule has 98 valence electrons. The van der Waals surface area contributed by atoms with Crippen molar-refractivity contribution >= 4 is 45.8 Å². The monoisotopic (exact) mass is 386 g/mol. The number of nitrogens with one attached hydrogen (secondary N) is 1. The topological polar surface area (TPSA) is 42.0 Å². The van der Waals surface area contributed by atoms with E-state index in [2.05, 4.69) is 32.9 Å². The zero-order valence-electron chi connectivity index (χ0n) is 10.5. The Morgan fingerprint density at radius 2 is 2.00 bits per heavy atom. The molecule has 5 heteroatoms. The van der Waals surface area contributed by atoms with Gasteiger partial charge in [0.1, 0.15) is 0 Å². The van der Waals surface area contributed by atoms with Crippen LogP contribution in [0.15, 0.2) is 30.3 Å². The van der Waals surface area contributed by atoms with E-state index in [4.69, 9.17) is 11.6 Å². The van der Waals surface area contributed by atoms with Crippen LogP contribution in [0, 0.1) is 17.4 Å². The van der Waals surface area contributed by atoms with E-state index in [-0.39, 0.29) is 5.91 Å². The van der Waals surface area contributed by atoms with Gasteiger partial charge in [0, 0.05) is 14.8 Å². The lowest BCUT2D eigenvalue weighted by Gasteiger charge is -2.09. The number of carbonyl (C=O) groups excluding carboxylic acids is 1. The summed E-state index contributed by atoms with van der Waals surface area (Å²) >= 11 is 8.14. The van der Waals surface area contributed by atoms with Crippen molar-refractivity contribution in [1.29, 1.82) is 0 Å². The molecule has 0 bridgehead atoms. The summed E-state index contributed by atoms with van der Waals surface area (Å²) in [6, 6.07) is 8.95. The standard InChI is InChI=1S/C14H12ClIN2O/c1-8-3-6-13(9(2)17-8)18-14(19)10-4-5-12(16)11(15)7-10/h3-7H,1-2H3,(H,18,19). The summed E-state index contributed by atoms with van der Waals surface area (Å²) in [5.41, 5.74) is 2.97. The molecule has 0 radical (unpaired) electrons. The van der Waals surface area contributed by atoms with Crippen molar-refractivity contribution in [2.24, 2.45) is 0 Å². The maximum atomic E-state index is 12.1. The van der Waals surface area contributed by atoms with Crippen molar-refractivity contribution in [3.05, 3.63) is 55.9 Å². The first-order chi connectivity index (χ1) is 8.97. The SMILES string of the molecule is Cc1ccc(NC(=O)c2ccc(I)c(Cl)c2)c(C)n1. The summed E-state index contributed by atoms with van der Waals surface area (Å²) < 4.78 is 0.920. The number of halogens is 2. The highest BCUT2D eigenvalue weighted by Gasteiger charge is 2.10. The Morgan fingerprint density at radius 3 is 2.63 bits per heavy atom. The van der Waals surface area contributed by atoms with Gasteiger partial charge in [0.05, 0.1) is 16.4 Å². The number of benzene rings is 1. The molecule has 1 heterocycles. The first-order valence-corrected chi connectivity index (χ1v) is 7.13. The van der Waals surface area contributed by atoms with E-state index in [1.807, 2.05) is 32.0 Å². The van der Waals surface area contributed by atoms with Gasteiger partial charge >= 0.3 is 0 Å². The second-order valence-electron chi connectivity index (χ2n) is 4.17. The summed E-state index contributed by atoms with van der Waals surface area (Å²) in [5.74, 6) is -0.188. The van der Waals surface area contributed by atoms with Gasteiger partial charge in [-0.2, -0.15) is 0 Å². The molecule has 3 nitrogen and oxygen atoms in total. The molecule has 0 saturated carbocycles. The lowest BCUT2D eigenvalue weighted by molar-refractivity contribution is 0.102. The largest absolute Gasteiger partial charge is 0.320 e. The minimum Gasteiger partial charge on any atom is -0.320 e. The number of amides is 1. The number of aromatic nitrogens is 1. The number of aryl methyl sites for hydroxylation is 2. The third kappa shape index (κ3) is 3.45. The van der Waals surface area contributed by atoms with E-state index >= 15 is 0 Å². The van der Waals surface area contributed by atoms with E-state index in [9.17, 15) is 4.79 Å². The molecule has 0 aliphatic carbocycles. The van der Waals surface area contributed by atoms with Gasteiger partial charge in [-0.1, -0.05) is 11.6 Å². The maximum Gasteiger partial charge on any atom is 0.255 e. The van der Waals surface area contributed by atoms with E-state index in [1.54, 1.807) is 12.1 Å². The normalized spacial score (nSPS) is 10.3. The molecule has 0 aliphatic rings. The highest BCUT2D eigenvalue weighted by Crippen LogP contribution is 2.21. The first-order valence-electron chi connectivity index (χ1n) is 5.68. The fraction of sp³-hybridized carbons (Fsp3) is 0.143. The molecule has 0 atom stereocenters. The lowest BCUT2D eigenvalue weighted by Crippen LogP contribution is -2.13. The molecule has 0 spiro atoms. The fourth-order valence-corrected chi connectivity index (χ4v) is 2.17. The van der Waals surface area contributed by atoms with Crippen LogP contribution in [0.25, 0.3) is 0 Å². The van der Waals surface area contributed by atoms with Crippen molar-refractivity contribution in [2.75, 3.05) is 5.32 Å². The average Bonchev–Trinajstić information content (AvgIpc) is 2.36. The van der Waals surface area contributed by atoms with Crippen LogP contribution < -0.4 is 5.32 Å². The maximum absolute atomic E-state index is 12.1. The number of hydrogen-bond acceptors (Lipinski definition) is 2. The van der Waals surface area contributed by atoms with E-state index < -0.39 is 0 Å². The molecule has 19 heavy (non-hydrogen) atoms. The molecule has 0 fully saturated rings. The van der Waals surface area contributed by atoms with Crippen LogP contribution in [-0.2, 0) is 0 Å². The third-order valence-corrected chi connectivity index (χ3v) is 4.23. The van der Waals surface area contributed by atoms with Gasteiger partial charge in [0.25, 0.3) is 5.91 Å². The second kappa shape index (κ2) is 5.88. The smallest absolute Gasteiger partial charge is 0.255 e. The molecule has 1 aromatic carbocycles. The van der Waals surface area contributed by atoms with Crippen molar-refractivity contribution in [3.63, 3.8) is 0 Å². The molecule has 1 aromatic heterocycles. The van der Waals surface area contributed by atoms with Crippen LogP contribution in [0.3, 0.4) is 0 Å². The quantitative estimate of drug-likeness (QED) is 0.786. The Bertz CT molecular complexity index is 643. The van der Waals surface area contributed by atoms with Gasteiger partial charge in [-0.05, 0) is 66.8 Å². The Labute approximate surface area is 130 Å². The molecule has 2 aromatic rings. The zero-order valence-corrected chi connectivity index (χ0v) is 13.4. The highest BCUT2D eigenvalue weighted by atomic mass is 127. The fourth-order valence-electron chi connectivity index (χ4n) is 1.65. The van der Waals surface area contributed by atoms with Crippen LogP contribution in [0.5, 0.6) is 0 Å². The number of anilines is 1. The molecule has 1 amide bonds. The van der Waals surface area contributed by atoms with E-state index in [1.165, 1.54) is 0 Å². The summed E-state index contributed by atoms with van der Waals surface area (Å²) in [6.45, 7) is 3.78. The Balaban J connectivity index is 2.23. The average molecular weight is 387 g/mol. The Hall–Kier alpha value is -1.14. The second-order valence-corrected chi connectivity index (χ2v) is 5.74. The van der Waals surface area contributed by atoms with Gasteiger partial charge in [0.2, 0.25) is 0 Å².